The Bertz CT molecular complexity index is 1070. The molecule has 0 saturated carbocycles. The summed E-state index contributed by atoms with van der Waals surface area (Å²) in [5.41, 5.74) is 4.40. The molecular weight excluding hydrogens is 430 g/mol. The van der Waals surface area contributed by atoms with Crippen LogP contribution < -0.4 is 10.6 Å². The van der Waals surface area contributed by atoms with Crippen molar-refractivity contribution in [3.63, 3.8) is 0 Å². The first-order valence-corrected chi connectivity index (χ1v) is 12.2. The van der Waals surface area contributed by atoms with E-state index in [0.717, 1.165) is 69.1 Å². The number of amides is 2. The molecule has 180 valence electrons. The Kier molecular flexibility index (Phi) is 7.38. The lowest BCUT2D eigenvalue weighted by Gasteiger charge is -2.37. The summed E-state index contributed by atoms with van der Waals surface area (Å²) in [6.45, 7) is 6.79. The molecule has 2 aliphatic rings. The molecule has 0 radical (unpaired) electrons. The second-order valence-corrected chi connectivity index (χ2v) is 9.08. The van der Waals surface area contributed by atoms with Gasteiger partial charge in [-0.15, -0.1) is 0 Å². The number of hydrogen-bond acceptors (Lipinski definition) is 5. The third kappa shape index (κ3) is 5.58. The van der Waals surface area contributed by atoms with Crippen LogP contribution in [-0.2, 0) is 22.6 Å². The van der Waals surface area contributed by atoms with Crippen LogP contribution in [0.2, 0.25) is 0 Å². The number of fused-ring (bicyclic) bond motifs is 1. The third-order valence-electron chi connectivity index (χ3n) is 6.85. The average molecular weight is 464 g/mol. The van der Waals surface area contributed by atoms with Gasteiger partial charge in [-0.1, -0.05) is 36.4 Å². The summed E-state index contributed by atoms with van der Waals surface area (Å²) in [6, 6.07) is 16.7. The predicted molar refractivity (Wildman–Crippen MR) is 131 cm³/mol. The fourth-order valence-corrected chi connectivity index (χ4v) is 4.90. The topological polar surface area (TPSA) is 80.7 Å². The monoisotopic (exact) mass is 463 g/mol. The highest BCUT2D eigenvalue weighted by molar-refractivity contribution is 5.75. The minimum atomic E-state index is -0.133. The average Bonchev–Trinajstić information content (AvgIpc) is 3.55. The molecule has 8 nitrogen and oxygen atoms in total. The van der Waals surface area contributed by atoms with Crippen molar-refractivity contribution in [2.45, 2.75) is 25.6 Å². The fraction of sp³-hybridized carbons (Fsp3) is 0.462. The van der Waals surface area contributed by atoms with E-state index < -0.39 is 0 Å². The molecule has 3 heterocycles. The van der Waals surface area contributed by atoms with Gasteiger partial charge in [-0.2, -0.15) is 0 Å². The maximum atomic E-state index is 12.5. The number of nitrogens with zero attached hydrogens (tertiary/aromatic N) is 3. The predicted octanol–water partition coefficient (Wildman–Crippen LogP) is 2.62. The summed E-state index contributed by atoms with van der Waals surface area (Å²) in [4.78, 5) is 19.4. The molecular formula is C26H33N5O3. The Morgan fingerprint density at radius 1 is 1.00 bits per heavy atom. The highest BCUT2D eigenvalue weighted by Gasteiger charge is 2.31. The molecule has 8 heteroatoms. The number of hydrogen-bond donors (Lipinski definition) is 2. The maximum absolute atomic E-state index is 12.5. The molecule has 1 aromatic heterocycles. The van der Waals surface area contributed by atoms with E-state index in [9.17, 15) is 4.79 Å². The normalized spacial score (nSPS) is 19.8. The van der Waals surface area contributed by atoms with Crippen molar-refractivity contribution in [2.24, 2.45) is 5.92 Å². The van der Waals surface area contributed by atoms with E-state index in [-0.39, 0.29) is 12.1 Å². The molecule has 5 rings (SSSR count). The number of morpholine rings is 1. The zero-order valence-electron chi connectivity index (χ0n) is 19.5. The highest BCUT2D eigenvalue weighted by atomic mass is 16.5. The van der Waals surface area contributed by atoms with E-state index in [1.54, 1.807) is 0 Å². The first-order valence-electron chi connectivity index (χ1n) is 12.2. The standard InChI is InChI=1S/C26H33N5O3/c32-26(28-16-25(22-9-12-34-18-22)30-10-13-33-14-11-30)27-15-20-5-7-21(8-6-20)17-31-19-29-23-3-1-2-4-24(23)31/h1-8,19,22,25H,9-18H2,(H2,27,28,32). The lowest BCUT2D eigenvalue weighted by atomic mass is 9.97. The quantitative estimate of drug-likeness (QED) is 0.537. The van der Waals surface area contributed by atoms with Crippen molar-refractivity contribution in [1.82, 2.24) is 25.1 Å². The molecule has 2 N–H and O–H groups in total. The highest BCUT2D eigenvalue weighted by Crippen LogP contribution is 2.22. The van der Waals surface area contributed by atoms with Crippen molar-refractivity contribution >= 4 is 17.1 Å². The molecule has 2 amide bonds. The van der Waals surface area contributed by atoms with Crippen LogP contribution in [0.4, 0.5) is 4.79 Å². The minimum absolute atomic E-state index is 0.133. The van der Waals surface area contributed by atoms with Gasteiger partial charge in [-0.05, 0) is 29.7 Å². The lowest BCUT2D eigenvalue weighted by Crippen LogP contribution is -2.53. The zero-order chi connectivity index (χ0) is 23.2. The molecule has 2 fully saturated rings. The smallest absolute Gasteiger partial charge is 0.315 e. The molecule has 2 aromatic carbocycles. The summed E-state index contributed by atoms with van der Waals surface area (Å²) in [7, 11) is 0. The molecule has 2 saturated heterocycles. The van der Waals surface area contributed by atoms with Gasteiger partial charge in [0.25, 0.3) is 0 Å². The fourth-order valence-electron chi connectivity index (χ4n) is 4.90. The van der Waals surface area contributed by atoms with Crippen LogP contribution in [0.15, 0.2) is 54.9 Å². The number of carbonyl (C=O) groups excluding carboxylic acids is 1. The molecule has 2 aliphatic heterocycles. The Morgan fingerprint density at radius 3 is 2.59 bits per heavy atom. The first kappa shape index (κ1) is 22.8. The molecule has 2 unspecified atom stereocenters. The zero-order valence-corrected chi connectivity index (χ0v) is 19.5. The van der Waals surface area contributed by atoms with Gasteiger partial charge in [-0.25, -0.2) is 9.78 Å². The van der Waals surface area contributed by atoms with Gasteiger partial charge in [-0.3, -0.25) is 4.90 Å². The largest absolute Gasteiger partial charge is 0.381 e. The van der Waals surface area contributed by atoms with Gasteiger partial charge in [0.2, 0.25) is 0 Å². The summed E-state index contributed by atoms with van der Waals surface area (Å²) in [5, 5.41) is 6.08. The Labute approximate surface area is 200 Å². The van der Waals surface area contributed by atoms with E-state index in [0.29, 0.717) is 19.0 Å². The van der Waals surface area contributed by atoms with E-state index in [1.165, 1.54) is 5.56 Å². The van der Waals surface area contributed by atoms with E-state index in [4.69, 9.17) is 9.47 Å². The van der Waals surface area contributed by atoms with Crippen molar-refractivity contribution in [3.8, 4) is 0 Å². The summed E-state index contributed by atoms with van der Waals surface area (Å²) in [5.74, 6) is 0.457. The molecule has 0 aliphatic carbocycles. The van der Waals surface area contributed by atoms with Crippen molar-refractivity contribution in [2.75, 3.05) is 46.1 Å². The molecule has 0 bridgehead atoms. The van der Waals surface area contributed by atoms with Crippen LogP contribution in [0.1, 0.15) is 17.5 Å². The lowest BCUT2D eigenvalue weighted by molar-refractivity contribution is 0.00212. The summed E-state index contributed by atoms with van der Waals surface area (Å²) < 4.78 is 13.3. The van der Waals surface area contributed by atoms with Gasteiger partial charge in [0, 0.05) is 51.3 Å². The second-order valence-electron chi connectivity index (χ2n) is 9.08. The minimum Gasteiger partial charge on any atom is -0.381 e. The molecule has 2 atom stereocenters. The van der Waals surface area contributed by atoms with Crippen molar-refractivity contribution < 1.29 is 14.3 Å². The van der Waals surface area contributed by atoms with Crippen LogP contribution in [-0.4, -0.2) is 72.6 Å². The van der Waals surface area contributed by atoms with Crippen LogP contribution in [0.3, 0.4) is 0 Å². The van der Waals surface area contributed by atoms with E-state index in [1.807, 2.05) is 24.5 Å². The number of imidazole rings is 1. The van der Waals surface area contributed by atoms with Gasteiger partial charge in [0.1, 0.15) is 0 Å². The van der Waals surface area contributed by atoms with E-state index >= 15 is 0 Å². The molecule has 34 heavy (non-hydrogen) atoms. The van der Waals surface area contributed by atoms with Gasteiger partial charge >= 0.3 is 6.03 Å². The number of aromatic nitrogens is 2. The van der Waals surface area contributed by atoms with Gasteiger partial charge in [0.15, 0.2) is 0 Å². The first-order chi connectivity index (χ1) is 16.8. The SMILES string of the molecule is O=C(NCc1ccc(Cn2cnc3ccccc32)cc1)NCC(C1CCOC1)N1CCOCC1. The Morgan fingerprint density at radius 2 is 1.79 bits per heavy atom. The van der Waals surface area contributed by atoms with Gasteiger partial charge < -0.3 is 24.7 Å². The number of carbonyl (C=O) groups is 1. The number of para-hydroxylation sites is 2. The number of benzene rings is 2. The van der Waals surface area contributed by atoms with Crippen molar-refractivity contribution in [3.05, 3.63) is 66.0 Å². The Balaban J connectivity index is 1.11. The van der Waals surface area contributed by atoms with Gasteiger partial charge in [0.05, 0.1) is 37.2 Å². The number of ether oxygens (including phenoxy) is 2. The van der Waals surface area contributed by atoms with Crippen LogP contribution in [0.25, 0.3) is 11.0 Å². The van der Waals surface area contributed by atoms with Crippen molar-refractivity contribution in [1.29, 1.82) is 0 Å². The van der Waals surface area contributed by atoms with Crippen LogP contribution >= 0.6 is 0 Å². The summed E-state index contributed by atoms with van der Waals surface area (Å²) >= 11 is 0. The Hall–Kier alpha value is -2.94. The second kappa shape index (κ2) is 11.0. The van der Waals surface area contributed by atoms with Crippen LogP contribution in [0.5, 0.6) is 0 Å². The maximum Gasteiger partial charge on any atom is 0.315 e. The number of rotatable bonds is 8. The third-order valence-corrected chi connectivity index (χ3v) is 6.85. The molecule has 0 spiro atoms. The summed E-state index contributed by atoms with van der Waals surface area (Å²) in [6.07, 6.45) is 2.93. The molecule has 3 aromatic rings. The number of nitrogens with one attached hydrogen (secondary N) is 2. The van der Waals surface area contributed by atoms with E-state index in [2.05, 4.69) is 55.4 Å². The number of urea groups is 1. The van der Waals surface area contributed by atoms with Crippen LogP contribution in [0, 0.1) is 5.92 Å².